The molecule has 0 aromatic heterocycles. The van der Waals surface area contributed by atoms with Gasteiger partial charge in [0.2, 0.25) is 0 Å². The first kappa shape index (κ1) is 11.7. The fourth-order valence-electron chi connectivity index (χ4n) is 0.586. The molecule has 1 unspecified atom stereocenters. The standard InChI is InChI=1S/C6H5IO2S.Li.H/c7-5-3-1-2-4-6(5)10(8)9;;/h1-4H,(H,8,9);;. The van der Waals surface area contributed by atoms with Crippen molar-refractivity contribution in [1.29, 1.82) is 0 Å². The molecule has 1 rings (SSSR count). The van der Waals surface area contributed by atoms with E-state index >= 15 is 0 Å². The van der Waals surface area contributed by atoms with Crippen LogP contribution in [0.2, 0.25) is 0 Å². The molecular formula is C6H6ILiO2S. The van der Waals surface area contributed by atoms with E-state index in [1.807, 2.05) is 28.7 Å². The number of rotatable bonds is 1. The molecule has 1 aromatic carbocycles. The maximum atomic E-state index is 10.5. The topological polar surface area (TPSA) is 37.3 Å². The minimum absolute atomic E-state index is 0. The van der Waals surface area contributed by atoms with E-state index < -0.39 is 11.1 Å². The van der Waals surface area contributed by atoms with Crippen LogP contribution in [0.3, 0.4) is 0 Å². The van der Waals surface area contributed by atoms with Crippen LogP contribution in [-0.2, 0) is 11.1 Å². The first-order chi connectivity index (χ1) is 4.72. The summed E-state index contributed by atoms with van der Waals surface area (Å²) in [4.78, 5) is 0.475. The van der Waals surface area contributed by atoms with Gasteiger partial charge < -0.3 is 4.55 Å². The van der Waals surface area contributed by atoms with Gasteiger partial charge in [-0.05, 0) is 34.7 Å². The maximum absolute atomic E-state index is 10.5. The van der Waals surface area contributed by atoms with E-state index in [9.17, 15) is 4.21 Å². The summed E-state index contributed by atoms with van der Waals surface area (Å²) < 4.78 is 20.0. The van der Waals surface area contributed by atoms with Gasteiger partial charge in [-0.25, -0.2) is 4.21 Å². The van der Waals surface area contributed by atoms with E-state index in [4.69, 9.17) is 4.55 Å². The Hall–Kier alpha value is 0.657. The van der Waals surface area contributed by atoms with Gasteiger partial charge in [0.15, 0.2) is 11.1 Å². The van der Waals surface area contributed by atoms with E-state index in [2.05, 4.69) is 0 Å². The zero-order valence-corrected chi connectivity index (χ0v) is 7.93. The average Bonchev–Trinajstić information content (AvgIpc) is 1.88. The van der Waals surface area contributed by atoms with Gasteiger partial charge in [-0.15, -0.1) is 0 Å². The number of hydrogen-bond acceptors (Lipinski definition) is 1. The second kappa shape index (κ2) is 5.33. The van der Waals surface area contributed by atoms with Crippen LogP contribution in [0.4, 0.5) is 0 Å². The molecule has 0 heterocycles. The van der Waals surface area contributed by atoms with Crippen molar-refractivity contribution >= 4 is 52.5 Å². The summed E-state index contributed by atoms with van der Waals surface area (Å²) in [6.07, 6.45) is 0. The van der Waals surface area contributed by atoms with Gasteiger partial charge in [0, 0.05) is 3.57 Å². The van der Waals surface area contributed by atoms with Crippen LogP contribution in [0.15, 0.2) is 29.2 Å². The Balaban J connectivity index is 0.000001000. The normalized spacial score (nSPS) is 11.8. The molecule has 0 aliphatic heterocycles. The van der Waals surface area contributed by atoms with Crippen molar-refractivity contribution in [3.8, 4) is 0 Å². The van der Waals surface area contributed by atoms with E-state index in [1.54, 1.807) is 18.2 Å². The van der Waals surface area contributed by atoms with E-state index in [-0.39, 0.29) is 18.9 Å². The van der Waals surface area contributed by atoms with Crippen LogP contribution in [0, 0.1) is 3.57 Å². The SMILES string of the molecule is O=S(O)c1ccccc1I.[LiH]. The summed E-state index contributed by atoms with van der Waals surface area (Å²) in [6, 6.07) is 7.01. The second-order valence-electron chi connectivity index (χ2n) is 1.68. The van der Waals surface area contributed by atoms with Crippen LogP contribution in [-0.4, -0.2) is 27.6 Å². The molecule has 5 heteroatoms. The molecular weight excluding hydrogens is 270 g/mol. The molecule has 1 aromatic rings. The van der Waals surface area contributed by atoms with Gasteiger partial charge >= 0.3 is 18.9 Å². The van der Waals surface area contributed by atoms with Crippen molar-refractivity contribution in [3.63, 3.8) is 0 Å². The van der Waals surface area contributed by atoms with Crippen molar-refractivity contribution in [2.24, 2.45) is 0 Å². The first-order valence-electron chi connectivity index (χ1n) is 2.57. The fraction of sp³-hybridized carbons (Fsp3) is 0. The quantitative estimate of drug-likeness (QED) is 0.476. The van der Waals surface area contributed by atoms with E-state index in [0.29, 0.717) is 4.90 Å². The molecule has 0 fully saturated rings. The summed E-state index contributed by atoms with van der Waals surface area (Å²) in [5.41, 5.74) is 0. The zero-order valence-electron chi connectivity index (χ0n) is 4.95. The summed E-state index contributed by atoms with van der Waals surface area (Å²) in [7, 11) is 0. The fourth-order valence-corrected chi connectivity index (χ4v) is 1.97. The Kier molecular flexibility index (Phi) is 5.65. The molecule has 0 spiro atoms. The van der Waals surface area contributed by atoms with Gasteiger partial charge in [0.05, 0.1) is 4.90 Å². The minimum atomic E-state index is -1.85. The Morgan fingerprint density at radius 3 is 2.27 bits per heavy atom. The summed E-state index contributed by atoms with van der Waals surface area (Å²) in [5.74, 6) is 0. The van der Waals surface area contributed by atoms with E-state index in [0.717, 1.165) is 3.57 Å². The van der Waals surface area contributed by atoms with Crippen molar-refractivity contribution < 1.29 is 8.76 Å². The monoisotopic (exact) mass is 276 g/mol. The Bertz CT molecular complexity index is 267. The molecule has 11 heavy (non-hydrogen) atoms. The van der Waals surface area contributed by atoms with Crippen LogP contribution in [0.25, 0.3) is 0 Å². The molecule has 0 radical (unpaired) electrons. The first-order valence-corrected chi connectivity index (χ1v) is 4.76. The number of halogens is 1. The molecule has 1 N–H and O–H groups in total. The third-order valence-electron chi connectivity index (χ3n) is 1.02. The van der Waals surface area contributed by atoms with Crippen LogP contribution < -0.4 is 0 Å². The summed E-state index contributed by atoms with van der Waals surface area (Å²) >= 11 is 0.175. The Labute approximate surface area is 93.4 Å². The molecule has 2 nitrogen and oxygen atoms in total. The molecule has 0 aliphatic rings. The predicted molar refractivity (Wildman–Crippen MR) is 55.3 cm³/mol. The zero-order chi connectivity index (χ0) is 7.56. The third-order valence-corrected chi connectivity index (χ3v) is 3.06. The summed E-state index contributed by atoms with van der Waals surface area (Å²) in [6.45, 7) is 0. The van der Waals surface area contributed by atoms with Crippen LogP contribution in [0.5, 0.6) is 0 Å². The van der Waals surface area contributed by atoms with Crippen molar-refractivity contribution in [3.05, 3.63) is 27.8 Å². The summed E-state index contributed by atoms with van der Waals surface area (Å²) in [5, 5.41) is 0. The number of benzene rings is 1. The molecule has 1 atom stereocenters. The van der Waals surface area contributed by atoms with Crippen molar-refractivity contribution in [1.82, 2.24) is 0 Å². The predicted octanol–water partition coefficient (Wildman–Crippen LogP) is 1.22. The average molecular weight is 276 g/mol. The third kappa shape index (κ3) is 3.26. The molecule has 0 saturated heterocycles. The number of hydrogen-bond donors (Lipinski definition) is 1. The molecule has 0 aliphatic carbocycles. The molecule has 56 valence electrons. The van der Waals surface area contributed by atoms with Crippen molar-refractivity contribution in [2.75, 3.05) is 0 Å². The molecule has 0 amide bonds. The van der Waals surface area contributed by atoms with Crippen LogP contribution >= 0.6 is 22.6 Å². The second-order valence-corrected chi connectivity index (χ2v) is 3.78. The Morgan fingerprint density at radius 2 is 1.91 bits per heavy atom. The van der Waals surface area contributed by atoms with E-state index in [1.165, 1.54) is 0 Å². The molecule has 0 saturated carbocycles. The Morgan fingerprint density at radius 1 is 1.36 bits per heavy atom. The van der Waals surface area contributed by atoms with Gasteiger partial charge in [0.1, 0.15) is 0 Å². The van der Waals surface area contributed by atoms with Crippen molar-refractivity contribution in [2.45, 2.75) is 4.90 Å². The van der Waals surface area contributed by atoms with Gasteiger partial charge in [-0.1, -0.05) is 12.1 Å². The van der Waals surface area contributed by atoms with Crippen LogP contribution in [0.1, 0.15) is 0 Å². The van der Waals surface area contributed by atoms with Gasteiger partial charge in [-0.3, -0.25) is 0 Å². The molecule has 0 bridgehead atoms. The van der Waals surface area contributed by atoms with Gasteiger partial charge in [0.25, 0.3) is 0 Å². The van der Waals surface area contributed by atoms with Gasteiger partial charge in [-0.2, -0.15) is 0 Å².